The number of hydrogen-bond donors (Lipinski definition) is 1. The molecule has 1 aliphatic carbocycles. The van der Waals surface area contributed by atoms with E-state index >= 15 is 0 Å². The predicted molar refractivity (Wildman–Crippen MR) is 80.5 cm³/mol. The lowest BCUT2D eigenvalue weighted by Gasteiger charge is -2.21. The molecule has 1 fully saturated rings. The van der Waals surface area contributed by atoms with E-state index in [1.54, 1.807) is 0 Å². The van der Waals surface area contributed by atoms with Gasteiger partial charge in [-0.3, -0.25) is 0 Å². The molecule has 0 saturated heterocycles. The minimum absolute atomic E-state index is 0.774. The van der Waals surface area contributed by atoms with Gasteiger partial charge in [-0.15, -0.1) is 0 Å². The molecule has 19 heavy (non-hydrogen) atoms. The van der Waals surface area contributed by atoms with E-state index in [2.05, 4.69) is 36.5 Å². The zero-order valence-electron chi connectivity index (χ0n) is 12.2. The first-order chi connectivity index (χ1) is 9.38. The van der Waals surface area contributed by atoms with E-state index in [0.29, 0.717) is 0 Å². The second-order valence-electron chi connectivity index (χ2n) is 5.64. The van der Waals surface area contributed by atoms with E-state index in [1.807, 2.05) is 0 Å². The smallest absolute Gasteiger partial charge is 0.119 e. The lowest BCUT2D eigenvalue weighted by atomic mass is 9.90. The molecule has 1 aromatic rings. The standard InChI is InChI=1S/C17H27NO/c1-2-11-18-13-16-9-6-10-17(12-16)19-14-15-7-4-3-5-8-15/h6,9-10,12,15,18H,2-5,7-8,11,13-14H2,1H3. The average Bonchev–Trinajstić information content (AvgIpc) is 2.47. The molecular formula is C17H27NO. The Labute approximate surface area is 117 Å². The van der Waals surface area contributed by atoms with Crippen molar-refractivity contribution in [2.75, 3.05) is 13.2 Å². The maximum Gasteiger partial charge on any atom is 0.119 e. The van der Waals surface area contributed by atoms with Crippen molar-refractivity contribution in [3.63, 3.8) is 0 Å². The fourth-order valence-corrected chi connectivity index (χ4v) is 2.72. The highest BCUT2D eigenvalue weighted by Crippen LogP contribution is 2.24. The van der Waals surface area contributed by atoms with Crippen LogP contribution in [0.25, 0.3) is 0 Å². The molecule has 2 rings (SSSR count). The van der Waals surface area contributed by atoms with Gasteiger partial charge in [0.2, 0.25) is 0 Å². The van der Waals surface area contributed by atoms with E-state index in [0.717, 1.165) is 31.4 Å². The van der Waals surface area contributed by atoms with E-state index < -0.39 is 0 Å². The van der Waals surface area contributed by atoms with Crippen LogP contribution in [0.4, 0.5) is 0 Å². The zero-order chi connectivity index (χ0) is 13.3. The van der Waals surface area contributed by atoms with E-state index in [1.165, 1.54) is 44.1 Å². The third kappa shape index (κ3) is 5.23. The molecule has 106 valence electrons. The van der Waals surface area contributed by atoms with Crippen LogP contribution in [0.15, 0.2) is 24.3 Å². The van der Waals surface area contributed by atoms with E-state index in [4.69, 9.17) is 4.74 Å². The lowest BCUT2D eigenvalue weighted by molar-refractivity contribution is 0.208. The molecule has 0 bridgehead atoms. The summed E-state index contributed by atoms with van der Waals surface area (Å²) in [5, 5.41) is 3.43. The Bertz CT molecular complexity index is 358. The third-order valence-electron chi connectivity index (χ3n) is 3.86. The zero-order valence-corrected chi connectivity index (χ0v) is 12.2. The molecule has 0 amide bonds. The SMILES string of the molecule is CCCNCc1cccc(OCC2CCCCC2)c1. The van der Waals surface area contributed by atoms with Gasteiger partial charge in [-0.25, -0.2) is 0 Å². The maximum absolute atomic E-state index is 5.96. The second kappa shape index (κ2) is 8.21. The van der Waals surface area contributed by atoms with E-state index in [-0.39, 0.29) is 0 Å². The Hall–Kier alpha value is -1.02. The molecule has 1 saturated carbocycles. The van der Waals surface area contributed by atoms with Gasteiger partial charge in [0.05, 0.1) is 6.61 Å². The van der Waals surface area contributed by atoms with Crippen molar-refractivity contribution in [2.45, 2.75) is 52.0 Å². The van der Waals surface area contributed by atoms with Crippen molar-refractivity contribution in [1.82, 2.24) is 5.32 Å². The molecule has 1 N–H and O–H groups in total. The summed E-state index contributed by atoms with van der Waals surface area (Å²) in [6, 6.07) is 8.51. The maximum atomic E-state index is 5.96. The molecule has 0 spiro atoms. The van der Waals surface area contributed by atoms with Crippen LogP contribution in [0.5, 0.6) is 5.75 Å². The topological polar surface area (TPSA) is 21.3 Å². The fraction of sp³-hybridized carbons (Fsp3) is 0.647. The summed E-state index contributed by atoms with van der Waals surface area (Å²) < 4.78 is 5.96. The predicted octanol–water partition coefficient (Wildman–Crippen LogP) is 4.15. The van der Waals surface area contributed by atoms with Crippen molar-refractivity contribution in [3.8, 4) is 5.75 Å². The Morgan fingerprint density at radius 2 is 2.05 bits per heavy atom. The van der Waals surface area contributed by atoms with Gasteiger partial charge in [-0.05, 0) is 49.4 Å². The van der Waals surface area contributed by atoms with Gasteiger partial charge < -0.3 is 10.1 Å². The third-order valence-corrected chi connectivity index (χ3v) is 3.86. The fourth-order valence-electron chi connectivity index (χ4n) is 2.72. The number of rotatable bonds is 7. The Morgan fingerprint density at radius 1 is 1.21 bits per heavy atom. The first-order valence-corrected chi connectivity index (χ1v) is 7.81. The van der Waals surface area contributed by atoms with Crippen LogP contribution in [0.3, 0.4) is 0 Å². The van der Waals surface area contributed by atoms with Crippen molar-refractivity contribution in [3.05, 3.63) is 29.8 Å². The van der Waals surface area contributed by atoms with Crippen molar-refractivity contribution >= 4 is 0 Å². The van der Waals surface area contributed by atoms with Crippen LogP contribution < -0.4 is 10.1 Å². The van der Waals surface area contributed by atoms with Gasteiger partial charge in [0.25, 0.3) is 0 Å². The molecule has 0 radical (unpaired) electrons. The van der Waals surface area contributed by atoms with Crippen LogP contribution in [-0.4, -0.2) is 13.2 Å². The van der Waals surface area contributed by atoms with Gasteiger partial charge in [-0.1, -0.05) is 38.3 Å². The van der Waals surface area contributed by atoms with Gasteiger partial charge in [0.1, 0.15) is 5.75 Å². The number of benzene rings is 1. The van der Waals surface area contributed by atoms with Crippen LogP contribution >= 0.6 is 0 Å². The van der Waals surface area contributed by atoms with Crippen LogP contribution in [0, 0.1) is 5.92 Å². The molecule has 0 atom stereocenters. The molecule has 1 aromatic carbocycles. The van der Waals surface area contributed by atoms with Crippen molar-refractivity contribution < 1.29 is 4.74 Å². The summed E-state index contributed by atoms with van der Waals surface area (Å²) in [7, 11) is 0. The second-order valence-corrected chi connectivity index (χ2v) is 5.64. The quantitative estimate of drug-likeness (QED) is 0.745. The van der Waals surface area contributed by atoms with Crippen molar-refractivity contribution in [1.29, 1.82) is 0 Å². The monoisotopic (exact) mass is 261 g/mol. The molecule has 2 nitrogen and oxygen atoms in total. The minimum atomic E-state index is 0.774. The summed E-state index contributed by atoms with van der Waals surface area (Å²) in [4.78, 5) is 0. The van der Waals surface area contributed by atoms with Crippen molar-refractivity contribution in [2.24, 2.45) is 5.92 Å². The molecular weight excluding hydrogens is 234 g/mol. The molecule has 1 aliphatic rings. The highest BCUT2D eigenvalue weighted by atomic mass is 16.5. The first kappa shape index (κ1) is 14.4. The van der Waals surface area contributed by atoms with Gasteiger partial charge in [-0.2, -0.15) is 0 Å². The Morgan fingerprint density at radius 3 is 2.84 bits per heavy atom. The highest BCUT2D eigenvalue weighted by Gasteiger charge is 2.13. The Kier molecular flexibility index (Phi) is 6.22. The summed E-state index contributed by atoms with van der Waals surface area (Å²) >= 11 is 0. The Balaban J connectivity index is 1.77. The average molecular weight is 261 g/mol. The number of nitrogens with one attached hydrogen (secondary N) is 1. The van der Waals surface area contributed by atoms with Crippen LogP contribution in [0.1, 0.15) is 51.0 Å². The molecule has 0 heterocycles. The lowest BCUT2D eigenvalue weighted by Crippen LogP contribution is -2.16. The first-order valence-electron chi connectivity index (χ1n) is 7.81. The molecule has 0 aromatic heterocycles. The summed E-state index contributed by atoms with van der Waals surface area (Å²) in [5.74, 6) is 1.80. The summed E-state index contributed by atoms with van der Waals surface area (Å²) in [5.41, 5.74) is 1.31. The number of hydrogen-bond acceptors (Lipinski definition) is 2. The summed E-state index contributed by atoms with van der Waals surface area (Å²) in [6.45, 7) is 5.10. The van der Waals surface area contributed by atoms with Gasteiger partial charge in [0.15, 0.2) is 0 Å². The number of ether oxygens (including phenoxy) is 1. The summed E-state index contributed by atoms with van der Waals surface area (Å²) in [6.07, 6.45) is 8.05. The van der Waals surface area contributed by atoms with Gasteiger partial charge in [0, 0.05) is 6.54 Å². The van der Waals surface area contributed by atoms with Crippen LogP contribution in [-0.2, 0) is 6.54 Å². The molecule has 2 heteroatoms. The van der Waals surface area contributed by atoms with Crippen LogP contribution in [0.2, 0.25) is 0 Å². The van der Waals surface area contributed by atoms with Gasteiger partial charge >= 0.3 is 0 Å². The molecule has 0 aliphatic heterocycles. The normalized spacial score (nSPS) is 16.5. The highest BCUT2D eigenvalue weighted by molar-refractivity contribution is 5.28. The largest absolute Gasteiger partial charge is 0.493 e. The molecule has 0 unspecified atom stereocenters. The minimum Gasteiger partial charge on any atom is -0.493 e. The van der Waals surface area contributed by atoms with E-state index in [9.17, 15) is 0 Å².